The number of para-hydroxylation sites is 1. The first-order valence-electron chi connectivity index (χ1n) is 9.23. The van der Waals surface area contributed by atoms with Gasteiger partial charge in [0.25, 0.3) is 0 Å². The molecule has 0 aromatic heterocycles. The zero-order chi connectivity index (χ0) is 19.1. The number of fused-ring (bicyclic) bond motifs is 2. The minimum absolute atomic E-state index is 0.350. The standard InChI is InChI=1S/C22H17BFNO3/c24-19-12-10-18(11-13-19)23-25(15-17-8-4-5-9-21(17)27-23)20(22(26)28-23)14-16-6-2-1-3-7-16/h1-13,15,20H,14H2. The molecule has 0 radical (unpaired) electrons. The van der Waals surface area contributed by atoms with Crippen molar-refractivity contribution in [3.05, 3.63) is 95.8 Å². The molecule has 0 N–H and O–H groups in total. The maximum absolute atomic E-state index is 13.5. The molecular weight excluding hydrogens is 356 g/mol. The monoisotopic (exact) mass is 373 g/mol. The molecule has 2 unspecified atom stereocenters. The van der Waals surface area contributed by atoms with Crippen LogP contribution in [0.25, 0.3) is 0 Å². The van der Waals surface area contributed by atoms with Crippen molar-refractivity contribution in [3.8, 4) is 5.75 Å². The molecule has 0 bridgehead atoms. The zero-order valence-electron chi connectivity index (χ0n) is 15.0. The highest BCUT2D eigenvalue weighted by Crippen LogP contribution is 2.32. The summed E-state index contributed by atoms with van der Waals surface area (Å²) in [5.74, 6) is -0.0682. The third-order valence-corrected chi connectivity index (χ3v) is 5.36. The van der Waals surface area contributed by atoms with Gasteiger partial charge in [-0.2, -0.15) is 0 Å². The minimum atomic E-state index is -2.29. The van der Waals surface area contributed by atoms with Gasteiger partial charge in [-0.1, -0.05) is 54.6 Å². The van der Waals surface area contributed by atoms with Crippen LogP contribution in [0.3, 0.4) is 0 Å². The molecule has 5 rings (SSSR count). The summed E-state index contributed by atoms with van der Waals surface area (Å²) in [6.45, 7) is -2.29. The van der Waals surface area contributed by atoms with Gasteiger partial charge in [-0.05, 0) is 35.3 Å². The first kappa shape index (κ1) is 16.7. The molecule has 28 heavy (non-hydrogen) atoms. The van der Waals surface area contributed by atoms with Crippen molar-refractivity contribution >= 4 is 24.3 Å². The Morgan fingerprint density at radius 2 is 1.61 bits per heavy atom. The Labute approximate surface area is 161 Å². The van der Waals surface area contributed by atoms with E-state index < -0.39 is 12.7 Å². The smallest absolute Gasteiger partial charge is 0.618 e. The minimum Gasteiger partial charge on any atom is -0.618 e. The Morgan fingerprint density at radius 1 is 0.893 bits per heavy atom. The van der Waals surface area contributed by atoms with E-state index in [-0.39, 0.29) is 11.8 Å². The summed E-state index contributed by atoms with van der Waals surface area (Å²) in [7, 11) is 0. The molecule has 6 heteroatoms. The third kappa shape index (κ3) is 2.61. The molecule has 4 nitrogen and oxygen atoms in total. The number of carbonyl (C=O) groups excluding carboxylic acids is 1. The van der Waals surface area contributed by atoms with Gasteiger partial charge in [0.15, 0.2) is 0 Å². The van der Waals surface area contributed by atoms with Crippen molar-refractivity contribution in [1.82, 2.24) is 0 Å². The number of nitrogens with zero attached hydrogens (tertiary/aromatic N) is 1. The summed E-state index contributed by atoms with van der Waals surface area (Å²) in [5, 5.41) is 0. The van der Waals surface area contributed by atoms with Crippen molar-refractivity contribution in [2.45, 2.75) is 12.5 Å². The van der Waals surface area contributed by atoms with Crippen LogP contribution in [-0.2, 0) is 15.9 Å². The maximum Gasteiger partial charge on any atom is 0.682 e. The fraction of sp³-hybridized carbons (Fsp3) is 0.0909. The number of carbonyl (C=O) groups is 1. The Morgan fingerprint density at radius 3 is 2.39 bits per heavy atom. The highest BCUT2D eigenvalue weighted by atomic mass is 19.1. The van der Waals surface area contributed by atoms with E-state index in [9.17, 15) is 9.18 Å². The SMILES string of the molecule is O=C1O[B-]2(c3ccc(F)cc3)Oc3ccccc3C=[N+]2C1Cc1ccccc1. The van der Waals surface area contributed by atoms with E-state index in [1.807, 2.05) is 65.3 Å². The van der Waals surface area contributed by atoms with Crippen molar-refractivity contribution in [1.29, 1.82) is 0 Å². The quantitative estimate of drug-likeness (QED) is 0.663. The molecular formula is C22H17BFNO3. The molecule has 3 aromatic carbocycles. The zero-order valence-corrected chi connectivity index (χ0v) is 15.0. The number of benzene rings is 3. The van der Waals surface area contributed by atoms with Crippen molar-refractivity contribution < 1.29 is 23.0 Å². The molecule has 2 heterocycles. The first-order valence-corrected chi connectivity index (χ1v) is 9.23. The summed E-state index contributed by atoms with van der Waals surface area (Å²) in [4.78, 5) is 12.9. The molecule has 1 saturated heterocycles. The summed E-state index contributed by atoms with van der Waals surface area (Å²) < 4.78 is 27.6. The van der Waals surface area contributed by atoms with Crippen molar-refractivity contribution in [2.24, 2.45) is 0 Å². The Kier molecular flexibility index (Phi) is 3.79. The van der Waals surface area contributed by atoms with Gasteiger partial charge in [0, 0.05) is 6.42 Å². The average Bonchev–Trinajstić information content (AvgIpc) is 2.99. The lowest BCUT2D eigenvalue weighted by Gasteiger charge is -2.35. The van der Waals surface area contributed by atoms with Gasteiger partial charge in [-0.25, -0.2) is 9.18 Å². The van der Waals surface area contributed by atoms with Crippen LogP contribution in [0.2, 0.25) is 0 Å². The predicted octanol–water partition coefficient (Wildman–Crippen LogP) is 2.66. The Hall–Kier alpha value is -3.41. The van der Waals surface area contributed by atoms with Crippen LogP contribution in [0.1, 0.15) is 11.1 Å². The molecule has 2 aliphatic rings. The number of rotatable bonds is 3. The number of halogens is 1. The molecule has 0 spiro atoms. The molecule has 2 aliphatic heterocycles. The summed E-state index contributed by atoms with van der Waals surface area (Å²) in [5.41, 5.74) is 2.52. The van der Waals surface area contributed by atoms with E-state index in [1.165, 1.54) is 12.1 Å². The lowest BCUT2D eigenvalue weighted by atomic mass is 9.62. The largest absolute Gasteiger partial charge is 0.682 e. The van der Waals surface area contributed by atoms with Gasteiger partial charge >= 0.3 is 12.7 Å². The van der Waals surface area contributed by atoms with E-state index in [4.69, 9.17) is 9.31 Å². The molecule has 138 valence electrons. The highest BCUT2D eigenvalue weighted by molar-refractivity contribution is 6.77. The lowest BCUT2D eigenvalue weighted by Crippen LogP contribution is -2.64. The second-order valence-electron chi connectivity index (χ2n) is 7.10. The Bertz CT molecular complexity index is 1080. The van der Waals surface area contributed by atoms with Crippen LogP contribution in [0.15, 0.2) is 78.9 Å². The number of hydrogen-bond acceptors (Lipinski definition) is 3. The number of hydrogen-bond donors (Lipinski definition) is 0. The van der Waals surface area contributed by atoms with Gasteiger partial charge in [-0.3, -0.25) is 0 Å². The second kappa shape index (κ2) is 6.34. The highest BCUT2D eigenvalue weighted by Gasteiger charge is 2.61. The average molecular weight is 373 g/mol. The van der Waals surface area contributed by atoms with E-state index in [2.05, 4.69) is 0 Å². The molecule has 0 saturated carbocycles. The van der Waals surface area contributed by atoms with Gasteiger partial charge in [0.1, 0.15) is 12.0 Å². The van der Waals surface area contributed by atoms with Crippen molar-refractivity contribution in [3.63, 3.8) is 0 Å². The van der Waals surface area contributed by atoms with Crippen LogP contribution in [-0.4, -0.2) is 29.4 Å². The van der Waals surface area contributed by atoms with Gasteiger partial charge < -0.3 is 13.8 Å². The van der Waals surface area contributed by atoms with Gasteiger partial charge in [0.2, 0.25) is 6.04 Å². The van der Waals surface area contributed by atoms with Crippen LogP contribution < -0.4 is 10.1 Å². The van der Waals surface area contributed by atoms with Crippen LogP contribution in [0.4, 0.5) is 4.39 Å². The molecule has 3 aromatic rings. The van der Waals surface area contributed by atoms with Crippen molar-refractivity contribution in [2.75, 3.05) is 0 Å². The summed E-state index contributed by atoms with van der Waals surface area (Å²) in [6.07, 6.45) is 2.41. The lowest BCUT2D eigenvalue weighted by molar-refractivity contribution is -0.432. The molecule has 1 fully saturated rings. The topological polar surface area (TPSA) is 38.5 Å². The third-order valence-electron chi connectivity index (χ3n) is 5.36. The predicted molar refractivity (Wildman–Crippen MR) is 104 cm³/mol. The normalized spacial score (nSPS) is 22.5. The molecule has 0 amide bonds. The van der Waals surface area contributed by atoms with Gasteiger partial charge in [-0.15, -0.1) is 0 Å². The summed E-state index contributed by atoms with van der Waals surface area (Å²) >= 11 is 0. The summed E-state index contributed by atoms with van der Waals surface area (Å²) in [6, 6.07) is 22.8. The van der Waals surface area contributed by atoms with Crippen LogP contribution in [0, 0.1) is 5.82 Å². The first-order chi connectivity index (χ1) is 13.7. The maximum atomic E-state index is 13.5. The second-order valence-corrected chi connectivity index (χ2v) is 7.10. The van der Waals surface area contributed by atoms with Crippen LogP contribution >= 0.6 is 0 Å². The van der Waals surface area contributed by atoms with E-state index >= 15 is 0 Å². The fourth-order valence-electron chi connectivity index (χ4n) is 4.00. The Balaban J connectivity index is 1.65. The van der Waals surface area contributed by atoms with Gasteiger partial charge in [0.05, 0.1) is 11.3 Å². The molecule has 2 atom stereocenters. The van der Waals surface area contributed by atoms with E-state index in [1.54, 1.807) is 12.1 Å². The van der Waals surface area contributed by atoms with E-state index in [0.717, 1.165) is 11.1 Å². The van der Waals surface area contributed by atoms with E-state index in [0.29, 0.717) is 17.6 Å². The molecule has 0 aliphatic carbocycles. The fourth-order valence-corrected chi connectivity index (χ4v) is 4.00. The van der Waals surface area contributed by atoms with Crippen LogP contribution in [0.5, 0.6) is 5.75 Å².